The van der Waals surface area contributed by atoms with E-state index in [9.17, 15) is 9.59 Å². The highest BCUT2D eigenvalue weighted by Gasteiger charge is 2.53. The van der Waals surface area contributed by atoms with E-state index in [4.69, 9.17) is 23.1 Å². The molecule has 2 aromatic rings. The monoisotopic (exact) mass is 630 g/mol. The van der Waals surface area contributed by atoms with Crippen LogP contribution in [0.2, 0.25) is 36.3 Å². The van der Waals surface area contributed by atoms with Gasteiger partial charge in [-0.05, 0) is 67.5 Å². The van der Waals surface area contributed by atoms with Crippen molar-refractivity contribution in [1.29, 1.82) is 0 Å². The van der Waals surface area contributed by atoms with E-state index >= 15 is 0 Å². The molecule has 0 aliphatic carbocycles. The first-order chi connectivity index (χ1) is 19.3. The first kappa shape index (κ1) is 36.9. The van der Waals surface area contributed by atoms with Crippen molar-refractivity contribution in [3.63, 3.8) is 0 Å². The summed E-state index contributed by atoms with van der Waals surface area (Å²) in [6.45, 7) is 23.7. The molecule has 0 amide bonds. The lowest BCUT2D eigenvalue weighted by molar-refractivity contribution is -0.219. The second-order valence-electron chi connectivity index (χ2n) is 14.3. The quantitative estimate of drug-likeness (QED) is 0.204. The van der Waals surface area contributed by atoms with Crippen molar-refractivity contribution in [2.24, 2.45) is 0 Å². The molecule has 0 bridgehead atoms. The number of esters is 2. The van der Waals surface area contributed by atoms with Crippen molar-refractivity contribution in [3.05, 3.63) is 71.8 Å². The van der Waals surface area contributed by atoms with Crippen LogP contribution in [0.5, 0.6) is 0 Å². The Balaban J connectivity index is 0.00000645. The molecule has 1 fully saturated rings. The topological polar surface area (TPSA) is 80.3 Å². The molecule has 5 atom stereocenters. The summed E-state index contributed by atoms with van der Waals surface area (Å²) in [6, 6.07) is 17.7. The molecule has 0 radical (unpaired) electrons. The van der Waals surface area contributed by atoms with Crippen molar-refractivity contribution < 1.29 is 32.7 Å². The highest BCUT2D eigenvalue weighted by molar-refractivity contribution is 6.74. The SMILES string of the molecule is C.C[C@@H]1OC(CO[Si](C)(C)C(C)(C)C)[C@@H](OC(=O)c2ccccc2)C(O[Si](C)(C)C(C)(C)C)C1OC(=O)c1ccccc1. The Bertz CT molecular complexity index is 1190. The molecular formula is C34H54O7Si2. The lowest BCUT2D eigenvalue weighted by Crippen LogP contribution is -2.64. The number of rotatable bonds is 9. The highest BCUT2D eigenvalue weighted by Crippen LogP contribution is 2.42. The predicted octanol–water partition coefficient (Wildman–Crippen LogP) is 8.27. The van der Waals surface area contributed by atoms with Crippen molar-refractivity contribution in [1.82, 2.24) is 0 Å². The number of carbonyl (C=O) groups excluding carboxylic acids is 2. The second-order valence-corrected chi connectivity index (χ2v) is 23.8. The lowest BCUT2D eigenvalue weighted by atomic mass is 9.95. The molecule has 240 valence electrons. The van der Waals surface area contributed by atoms with E-state index in [1.807, 2.05) is 19.1 Å². The lowest BCUT2D eigenvalue weighted by Gasteiger charge is -2.49. The molecule has 3 unspecified atom stereocenters. The summed E-state index contributed by atoms with van der Waals surface area (Å²) in [7, 11) is -4.62. The third-order valence-corrected chi connectivity index (χ3v) is 18.0. The number of hydrogen-bond acceptors (Lipinski definition) is 7. The zero-order valence-corrected chi connectivity index (χ0v) is 29.2. The maximum Gasteiger partial charge on any atom is 0.338 e. The molecule has 9 heteroatoms. The third kappa shape index (κ3) is 9.11. The molecule has 0 saturated carbocycles. The Morgan fingerprint density at radius 2 is 1.12 bits per heavy atom. The van der Waals surface area contributed by atoms with Gasteiger partial charge in [0.15, 0.2) is 28.8 Å². The molecule has 1 aliphatic heterocycles. The minimum Gasteiger partial charge on any atom is -0.453 e. The highest BCUT2D eigenvalue weighted by atomic mass is 28.4. The molecule has 0 aromatic heterocycles. The first-order valence-electron chi connectivity index (χ1n) is 14.8. The maximum atomic E-state index is 13.5. The van der Waals surface area contributed by atoms with Crippen LogP contribution in [0.1, 0.15) is 76.6 Å². The Labute approximate surface area is 261 Å². The van der Waals surface area contributed by atoms with Gasteiger partial charge in [-0.15, -0.1) is 0 Å². The smallest absolute Gasteiger partial charge is 0.338 e. The van der Waals surface area contributed by atoms with Crippen LogP contribution in [0.15, 0.2) is 60.7 Å². The normalized spacial score (nSPS) is 23.2. The van der Waals surface area contributed by atoms with Crippen molar-refractivity contribution in [2.45, 2.75) is 123 Å². The summed E-state index contributed by atoms with van der Waals surface area (Å²) in [5.41, 5.74) is 0.848. The van der Waals surface area contributed by atoms with Crippen molar-refractivity contribution >= 4 is 28.6 Å². The van der Waals surface area contributed by atoms with Gasteiger partial charge in [0.25, 0.3) is 0 Å². The second kappa shape index (κ2) is 14.2. The van der Waals surface area contributed by atoms with E-state index in [1.165, 1.54) is 0 Å². The fraction of sp³-hybridized carbons (Fsp3) is 0.588. The van der Waals surface area contributed by atoms with Crippen LogP contribution in [0.3, 0.4) is 0 Å². The summed E-state index contributed by atoms with van der Waals surface area (Å²) in [6.07, 6.45) is -3.61. The van der Waals surface area contributed by atoms with Gasteiger partial charge in [0.05, 0.1) is 23.8 Å². The zero-order chi connectivity index (χ0) is 31.5. The molecule has 0 spiro atoms. The largest absolute Gasteiger partial charge is 0.453 e. The number of carbonyl (C=O) groups is 2. The molecule has 2 aromatic carbocycles. The Hall–Kier alpha value is -2.31. The summed E-state index contributed by atoms with van der Waals surface area (Å²) < 4.78 is 32.5. The van der Waals surface area contributed by atoms with E-state index in [2.05, 4.69) is 67.7 Å². The van der Waals surface area contributed by atoms with Crippen LogP contribution in [0.25, 0.3) is 0 Å². The van der Waals surface area contributed by atoms with Gasteiger partial charge in [0, 0.05) is 0 Å². The van der Waals surface area contributed by atoms with Crippen LogP contribution >= 0.6 is 0 Å². The standard InChI is InChI=1S/C33H50O7Si2.CH4/c1-23-27(38-30(34)24-18-14-12-15-19-24)29(40-42(10,11)33(5,6)7)28(39-31(35)25-20-16-13-17-21-25)26(37-23)22-36-41(8,9)32(2,3)4;/h12-21,23,26-29H,22H2,1-11H3;1H4/t23-,26?,27?,28+,29?;/m0./s1. The van der Waals surface area contributed by atoms with Crippen LogP contribution < -0.4 is 0 Å². The van der Waals surface area contributed by atoms with Crippen molar-refractivity contribution in [3.8, 4) is 0 Å². The van der Waals surface area contributed by atoms with Gasteiger partial charge in [-0.2, -0.15) is 0 Å². The van der Waals surface area contributed by atoms with E-state index in [1.54, 1.807) is 48.5 Å². The van der Waals surface area contributed by atoms with E-state index in [0.29, 0.717) is 11.1 Å². The van der Waals surface area contributed by atoms with Gasteiger partial charge in [0.2, 0.25) is 0 Å². The molecule has 1 saturated heterocycles. The van der Waals surface area contributed by atoms with Gasteiger partial charge < -0.3 is 23.1 Å². The minimum absolute atomic E-state index is 0. The first-order valence-corrected chi connectivity index (χ1v) is 20.6. The molecular weight excluding hydrogens is 577 g/mol. The Morgan fingerprint density at radius 1 is 0.698 bits per heavy atom. The van der Waals surface area contributed by atoms with Gasteiger partial charge in [-0.3, -0.25) is 0 Å². The number of ether oxygens (including phenoxy) is 3. The van der Waals surface area contributed by atoms with Gasteiger partial charge >= 0.3 is 11.9 Å². The molecule has 0 N–H and O–H groups in total. The number of benzene rings is 2. The van der Waals surface area contributed by atoms with Crippen LogP contribution in [0, 0.1) is 0 Å². The molecule has 1 heterocycles. The van der Waals surface area contributed by atoms with Crippen LogP contribution in [-0.2, 0) is 23.1 Å². The molecule has 3 rings (SSSR count). The zero-order valence-electron chi connectivity index (χ0n) is 27.2. The Morgan fingerprint density at radius 3 is 1.53 bits per heavy atom. The van der Waals surface area contributed by atoms with E-state index in [-0.39, 0.29) is 24.1 Å². The van der Waals surface area contributed by atoms with Gasteiger partial charge in [-0.1, -0.05) is 85.4 Å². The average molecular weight is 631 g/mol. The fourth-order valence-corrected chi connectivity index (χ4v) is 6.54. The average Bonchev–Trinajstić information content (AvgIpc) is 2.90. The molecule has 1 aliphatic rings. The van der Waals surface area contributed by atoms with Crippen LogP contribution in [-0.4, -0.2) is 65.7 Å². The summed E-state index contributed by atoms with van der Waals surface area (Å²) in [5, 5.41) is -0.169. The Kier molecular flexibility index (Phi) is 12.2. The summed E-state index contributed by atoms with van der Waals surface area (Å²) in [4.78, 5) is 26.8. The van der Waals surface area contributed by atoms with Crippen LogP contribution in [0.4, 0.5) is 0 Å². The van der Waals surface area contributed by atoms with Gasteiger partial charge in [0.1, 0.15) is 12.2 Å². The van der Waals surface area contributed by atoms with E-state index in [0.717, 1.165) is 0 Å². The minimum atomic E-state index is -2.46. The number of hydrogen-bond donors (Lipinski definition) is 0. The fourth-order valence-electron chi connectivity index (χ4n) is 4.23. The third-order valence-electron chi connectivity index (χ3n) is 9.02. The summed E-state index contributed by atoms with van der Waals surface area (Å²) >= 11 is 0. The molecule has 43 heavy (non-hydrogen) atoms. The van der Waals surface area contributed by atoms with Crippen molar-refractivity contribution in [2.75, 3.05) is 6.61 Å². The van der Waals surface area contributed by atoms with Gasteiger partial charge in [-0.25, -0.2) is 9.59 Å². The summed E-state index contributed by atoms with van der Waals surface area (Å²) in [5.74, 6) is -0.975. The predicted molar refractivity (Wildman–Crippen MR) is 178 cm³/mol. The van der Waals surface area contributed by atoms with E-state index < -0.39 is 59.1 Å². The maximum absolute atomic E-state index is 13.5. The molecule has 7 nitrogen and oxygen atoms in total.